The summed E-state index contributed by atoms with van der Waals surface area (Å²) in [5, 5.41) is 5.65. The van der Waals surface area contributed by atoms with Gasteiger partial charge in [-0.1, -0.05) is 57.2 Å². The number of nitrogens with zero attached hydrogens (tertiary/aromatic N) is 1. The van der Waals surface area contributed by atoms with Crippen LogP contribution in [-0.4, -0.2) is 56.9 Å². The Morgan fingerprint density at radius 1 is 0.884 bits per heavy atom. The maximum Gasteiger partial charge on any atom is 0.211 e. The van der Waals surface area contributed by atoms with Crippen LogP contribution in [0.1, 0.15) is 33.3 Å². The standard InChI is InChI=1S/C13H10FNO2.C11H17NO.C11H21NO/c14-10-1-5-12(6-2-10)17-13-7-3-11(4-8-13)15-9-16;1-10(12-2)8-13-9-11-6-4-3-5-7-11;1-5-11(4)9-12(6-7-13)8-10(2)3/h1-9H,(H,15,16);3-7,10,12H,8-9H2,1-2H3;5,7,10-11H,1,6,8-9H2,2-4H3/t;10-;/m.1./s1. The van der Waals surface area contributed by atoms with E-state index in [1.165, 1.54) is 17.7 Å². The summed E-state index contributed by atoms with van der Waals surface area (Å²) in [4.78, 5) is 22.8. The molecule has 0 aliphatic heterocycles. The Kier molecular flexibility index (Phi) is 19.6. The summed E-state index contributed by atoms with van der Waals surface area (Å²) in [6, 6.07) is 23.3. The zero-order valence-corrected chi connectivity index (χ0v) is 26.2. The lowest BCUT2D eigenvalue weighted by Gasteiger charge is -2.23. The van der Waals surface area contributed by atoms with Crippen molar-refractivity contribution < 1.29 is 23.5 Å². The first-order valence-electron chi connectivity index (χ1n) is 14.5. The van der Waals surface area contributed by atoms with Crippen molar-refractivity contribution >= 4 is 18.4 Å². The van der Waals surface area contributed by atoms with Crippen LogP contribution in [-0.2, 0) is 20.9 Å². The molecule has 1 amide bonds. The Morgan fingerprint density at radius 3 is 2.00 bits per heavy atom. The minimum absolute atomic E-state index is 0.303. The van der Waals surface area contributed by atoms with Crippen molar-refractivity contribution in [2.75, 3.05) is 38.6 Å². The quantitative estimate of drug-likeness (QED) is 0.138. The Hall–Kier alpha value is -3.85. The van der Waals surface area contributed by atoms with Gasteiger partial charge in [0.15, 0.2) is 0 Å². The minimum Gasteiger partial charge on any atom is -0.457 e. The molecule has 1 unspecified atom stereocenters. The Labute approximate surface area is 257 Å². The fourth-order valence-electron chi connectivity index (χ4n) is 3.66. The fraction of sp³-hybridized carbons (Fsp3) is 0.371. The number of aldehydes is 1. The SMILES string of the molecule is C=CC(C)CN(CC=O)CC(C)C.CN[C@H](C)COCc1ccccc1.O=CNc1ccc(Oc2ccc(F)cc2)cc1. The Balaban J connectivity index is 0.000000328. The molecule has 234 valence electrons. The van der Waals surface area contributed by atoms with Crippen LogP contribution in [0.2, 0.25) is 0 Å². The lowest BCUT2D eigenvalue weighted by atomic mass is 10.1. The van der Waals surface area contributed by atoms with Crippen molar-refractivity contribution in [3.05, 3.63) is 103 Å². The van der Waals surface area contributed by atoms with Crippen LogP contribution < -0.4 is 15.4 Å². The summed E-state index contributed by atoms with van der Waals surface area (Å²) in [5.74, 6) is 1.94. The van der Waals surface area contributed by atoms with Crippen LogP contribution in [0.25, 0.3) is 0 Å². The van der Waals surface area contributed by atoms with Crippen LogP contribution in [0.5, 0.6) is 11.5 Å². The van der Waals surface area contributed by atoms with Gasteiger partial charge < -0.3 is 24.9 Å². The number of amides is 1. The molecule has 0 aromatic heterocycles. The van der Waals surface area contributed by atoms with E-state index in [-0.39, 0.29) is 5.82 Å². The number of hydrogen-bond acceptors (Lipinski definition) is 6. The smallest absolute Gasteiger partial charge is 0.211 e. The molecule has 0 heterocycles. The van der Waals surface area contributed by atoms with Crippen LogP contribution in [0, 0.1) is 17.7 Å². The number of rotatable bonds is 16. The van der Waals surface area contributed by atoms with E-state index >= 15 is 0 Å². The number of benzene rings is 3. The maximum absolute atomic E-state index is 12.7. The van der Waals surface area contributed by atoms with Gasteiger partial charge in [0, 0.05) is 24.8 Å². The monoisotopic (exact) mass is 593 g/mol. The number of carbonyl (C=O) groups is 2. The summed E-state index contributed by atoms with van der Waals surface area (Å²) < 4.78 is 23.7. The molecule has 0 bridgehead atoms. The van der Waals surface area contributed by atoms with E-state index in [2.05, 4.69) is 61.9 Å². The fourth-order valence-corrected chi connectivity index (χ4v) is 3.66. The summed E-state index contributed by atoms with van der Waals surface area (Å²) in [6.45, 7) is 16.2. The van der Waals surface area contributed by atoms with Gasteiger partial charge in [-0.3, -0.25) is 9.69 Å². The van der Waals surface area contributed by atoms with Crippen molar-refractivity contribution in [2.45, 2.75) is 40.3 Å². The Morgan fingerprint density at radius 2 is 1.49 bits per heavy atom. The van der Waals surface area contributed by atoms with Gasteiger partial charge in [-0.15, -0.1) is 6.58 Å². The predicted octanol–water partition coefficient (Wildman–Crippen LogP) is 6.96. The van der Waals surface area contributed by atoms with E-state index in [1.807, 2.05) is 31.3 Å². The number of ether oxygens (including phenoxy) is 2. The normalized spacial score (nSPS) is 11.7. The molecule has 0 spiro atoms. The number of hydrogen-bond donors (Lipinski definition) is 2. The summed E-state index contributed by atoms with van der Waals surface area (Å²) in [5.41, 5.74) is 1.91. The van der Waals surface area contributed by atoms with Gasteiger partial charge in [0.05, 0.1) is 19.8 Å². The second kappa shape index (κ2) is 22.7. The highest BCUT2D eigenvalue weighted by molar-refractivity contribution is 5.71. The van der Waals surface area contributed by atoms with Gasteiger partial charge in [0.25, 0.3) is 0 Å². The van der Waals surface area contributed by atoms with Gasteiger partial charge in [0.2, 0.25) is 6.41 Å². The highest BCUT2D eigenvalue weighted by atomic mass is 19.1. The van der Waals surface area contributed by atoms with E-state index in [0.717, 1.165) is 26.0 Å². The summed E-state index contributed by atoms with van der Waals surface area (Å²) >= 11 is 0. The summed E-state index contributed by atoms with van der Waals surface area (Å²) in [6.07, 6.45) is 3.51. The van der Waals surface area contributed by atoms with Crippen LogP contribution in [0.15, 0.2) is 91.5 Å². The zero-order valence-electron chi connectivity index (χ0n) is 26.2. The molecule has 3 aromatic carbocycles. The van der Waals surface area contributed by atoms with Crippen molar-refractivity contribution in [3.8, 4) is 11.5 Å². The molecule has 0 radical (unpaired) electrons. The highest BCUT2D eigenvalue weighted by Crippen LogP contribution is 2.22. The third kappa shape index (κ3) is 18.3. The molecule has 0 aliphatic carbocycles. The van der Waals surface area contributed by atoms with E-state index < -0.39 is 0 Å². The molecule has 0 saturated heterocycles. The van der Waals surface area contributed by atoms with Crippen LogP contribution in [0.3, 0.4) is 0 Å². The van der Waals surface area contributed by atoms with Gasteiger partial charge in [0.1, 0.15) is 23.6 Å². The molecule has 0 saturated carbocycles. The number of likely N-dealkylation sites (N-methyl/N-ethyl adjacent to an activating group) is 1. The molecular formula is C35H48FN3O4. The van der Waals surface area contributed by atoms with Crippen molar-refractivity contribution in [3.63, 3.8) is 0 Å². The molecule has 2 atom stereocenters. The average molecular weight is 594 g/mol. The molecule has 0 fully saturated rings. The lowest BCUT2D eigenvalue weighted by Crippen LogP contribution is -2.33. The van der Waals surface area contributed by atoms with Gasteiger partial charge >= 0.3 is 0 Å². The Bertz CT molecular complexity index is 1140. The molecule has 7 nitrogen and oxygen atoms in total. The van der Waals surface area contributed by atoms with Crippen molar-refractivity contribution in [1.82, 2.24) is 10.2 Å². The predicted molar refractivity (Wildman–Crippen MR) is 174 cm³/mol. The van der Waals surface area contributed by atoms with Gasteiger partial charge in [-0.05, 0) is 79.9 Å². The second-order valence-electron chi connectivity index (χ2n) is 10.5. The van der Waals surface area contributed by atoms with Crippen LogP contribution >= 0.6 is 0 Å². The van der Waals surface area contributed by atoms with E-state index in [9.17, 15) is 14.0 Å². The average Bonchev–Trinajstić information content (AvgIpc) is 3.00. The van der Waals surface area contributed by atoms with Gasteiger partial charge in [-0.25, -0.2) is 4.39 Å². The number of nitrogens with one attached hydrogen (secondary N) is 2. The largest absolute Gasteiger partial charge is 0.457 e. The molecular weight excluding hydrogens is 545 g/mol. The topological polar surface area (TPSA) is 79.9 Å². The maximum atomic E-state index is 12.7. The zero-order chi connectivity index (χ0) is 31.9. The number of carbonyl (C=O) groups excluding carboxylic acids is 2. The molecule has 8 heteroatoms. The molecule has 3 rings (SSSR count). The van der Waals surface area contributed by atoms with E-state index in [1.54, 1.807) is 36.4 Å². The van der Waals surface area contributed by atoms with Crippen LogP contribution in [0.4, 0.5) is 10.1 Å². The van der Waals surface area contributed by atoms with Crippen molar-refractivity contribution in [2.24, 2.45) is 11.8 Å². The number of halogens is 1. The summed E-state index contributed by atoms with van der Waals surface area (Å²) in [7, 11) is 1.94. The third-order valence-corrected chi connectivity index (χ3v) is 6.01. The van der Waals surface area contributed by atoms with E-state index in [4.69, 9.17) is 9.47 Å². The highest BCUT2D eigenvalue weighted by Gasteiger charge is 2.08. The molecule has 43 heavy (non-hydrogen) atoms. The van der Waals surface area contributed by atoms with E-state index in [0.29, 0.717) is 54.6 Å². The first-order valence-corrected chi connectivity index (χ1v) is 14.5. The number of anilines is 1. The van der Waals surface area contributed by atoms with Crippen molar-refractivity contribution in [1.29, 1.82) is 0 Å². The molecule has 0 aliphatic rings. The molecule has 2 N–H and O–H groups in total. The minimum atomic E-state index is -0.303. The first-order chi connectivity index (χ1) is 20.7. The molecule has 3 aromatic rings. The lowest BCUT2D eigenvalue weighted by molar-refractivity contribution is -0.109. The second-order valence-corrected chi connectivity index (χ2v) is 10.5. The van der Waals surface area contributed by atoms with Gasteiger partial charge in [-0.2, -0.15) is 0 Å². The first kappa shape index (κ1) is 37.2. The third-order valence-electron chi connectivity index (χ3n) is 6.01.